The number of methoxy groups -OCH3 is 1. The third kappa shape index (κ3) is 4.79. The van der Waals surface area contributed by atoms with Crippen molar-refractivity contribution < 1.29 is 14.3 Å². The molecule has 0 aliphatic rings. The zero-order valence-corrected chi connectivity index (χ0v) is 12.5. The van der Waals surface area contributed by atoms with E-state index in [9.17, 15) is 4.79 Å². The number of carbonyl (C=O) groups is 1. The van der Waals surface area contributed by atoms with Crippen LogP contribution in [0.4, 0.5) is 11.4 Å². The van der Waals surface area contributed by atoms with E-state index in [1.165, 1.54) is 0 Å². The highest BCUT2D eigenvalue weighted by Gasteiger charge is 2.05. The molecule has 2 rings (SSSR count). The molecule has 2 aromatic carbocycles. The van der Waals surface area contributed by atoms with Crippen molar-refractivity contribution in [2.24, 2.45) is 0 Å². The molecule has 0 radical (unpaired) electrons. The SMILES string of the molecule is COc1cccc(COCCC(=O)Nc2ccccc2N)c1. The molecule has 0 atom stereocenters. The molecule has 1 amide bonds. The van der Waals surface area contributed by atoms with Crippen molar-refractivity contribution in [1.29, 1.82) is 0 Å². The Kier molecular flexibility index (Phi) is 5.80. The number of benzene rings is 2. The van der Waals surface area contributed by atoms with Gasteiger partial charge in [-0.25, -0.2) is 0 Å². The molecule has 2 aromatic rings. The van der Waals surface area contributed by atoms with Gasteiger partial charge in [-0.05, 0) is 29.8 Å². The van der Waals surface area contributed by atoms with Gasteiger partial charge in [-0.2, -0.15) is 0 Å². The number of anilines is 2. The molecule has 0 aliphatic carbocycles. The third-order valence-corrected chi connectivity index (χ3v) is 3.11. The third-order valence-electron chi connectivity index (χ3n) is 3.11. The lowest BCUT2D eigenvalue weighted by atomic mass is 10.2. The second-order valence-electron chi connectivity index (χ2n) is 4.79. The van der Waals surface area contributed by atoms with E-state index in [4.69, 9.17) is 15.2 Å². The summed E-state index contributed by atoms with van der Waals surface area (Å²) in [5.74, 6) is 0.668. The molecule has 5 heteroatoms. The first kappa shape index (κ1) is 15.9. The predicted octanol–water partition coefficient (Wildman–Crippen LogP) is 2.82. The highest BCUT2D eigenvalue weighted by molar-refractivity contribution is 5.93. The average molecular weight is 300 g/mol. The number of hydrogen-bond acceptors (Lipinski definition) is 4. The van der Waals surface area contributed by atoms with Crippen molar-refractivity contribution in [3.8, 4) is 5.75 Å². The number of para-hydroxylation sites is 2. The summed E-state index contributed by atoms with van der Waals surface area (Å²) < 4.78 is 10.7. The molecule has 0 saturated carbocycles. The van der Waals surface area contributed by atoms with E-state index in [1.54, 1.807) is 19.2 Å². The Morgan fingerprint density at radius 2 is 2.00 bits per heavy atom. The van der Waals surface area contributed by atoms with Gasteiger partial charge in [0.15, 0.2) is 0 Å². The van der Waals surface area contributed by atoms with Crippen LogP contribution in [0.15, 0.2) is 48.5 Å². The van der Waals surface area contributed by atoms with Gasteiger partial charge in [0.05, 0.1) is 38.1 Å². The Morgan fingerprint density at radius 3 is 2.77 bits per heavy atom. The molecule has 0 heterocycles. The minimum Gasteiger partial charge on any atom is -0.497 e. The fourth-order valence-electron chi connectivity index (χ4n) is 1.94. The molecule has 0 aliphatic heterocycles. The number of hydrogen-bond donors (Lipinski definition) is 2. The summed E-state index contributed by atoms with van der Waals surface area (Å²) in [6, 6.07) is 14.8. The molecule has 3 N–H and O–H groups in total. The lowest BCUT2D eigenvalue weighted by Gasteiger charge is -2.08. The Hall–Kier alpha value is -2.53. The summed E-state index contributed by atoms with van der Waals surface area (Å²) in [4.78, 5) is 11.8. The number of carbonyl (C=O) groups excluding carboxylic acids is 1. The maximum atomic E-state index is 11.8. The maximum Gasteiger partial charge on any atom is 0.226 e. The van der Waals surface area contributed by atoms with Crippen molar-refractivity contribution in [3.05, 3.63) is 54.1 Å². The molecule has 116 valence electrons. The van der Waals surface area contributed by atoms with Crippen LogP contribution in [0, 0.1) is 0 Å². The first-order valence-electron chi connectivity index (χ1n) is 7.04. The van der Waals surface area contributed by atoms with Crippen molar-refractivity contribution in [2.75, 3.05) is 24.8 Å². The molecular formula is C17H20N2O3. The fourth-order valence-corrected chi connectivity index (χ4v) is 1.94. The molecule has 5 nitrogen and oxygen atoms in total. The van der Waals surface area contributed by atoms with Crippen molar-refractivity contribution in [2.45, 2.75) is 13.0 Å². The first-order chi connectivity index (χ1) is 10.7. The minimum absolute atomic E-state index is 0.122. The van der Waals surface area contributed by atoms with E-state index >= 15 is 0 Å². The fraction of sp³-hybridized carbons (Fsp3) is 0.235. The van der Waals surface area contributed by atoms with E-state index < -0.39 is 0 Å². The molecule has 0 bridgehead atoms. The van der Waals surface area contributed by atoms with Gasteiger partial charge in [-0.3, -0.25) is 4.79 Å². The van der Waals surface area contributed by atoms with Gasteiger partial charge in [-0.15, -0.1) is 0 Å². The molecule has 0 spiro atoms. The Bertz CT molecular complexity index is 629. The van der Waals surface area contributed by atoms with Gasteiger partial charge in [0.25, 0.3) is 0 Å². The van der Waals surface area contributed by atoms with Crippen LogP contribution >= 0.6 is 0 Å². The molecule has 22 heavy (non-hydrogen) atoms. The largest absolute Gasteiger partial charge is 0.497 e. The summed E-state index contributed by atoms with van der Waals surface area (Å²) in [5, 5.41) is 2.76. The van der Waals surface area contributed by atoms with Gasteiger partial charge >= 0.3 is 0 Å². The van der Waals surface area contributed by atoms with E-state index in [-0.39, 0.29) is 12.3 Å². The number of ether oxygens (including phenoxy) is 2. The Balaban J connectivity index is 1.72. The highest BCUT2D eigenvalue weighted by atomic mass is 16.5. The normalized spacial score (nSPS) is 10.2. The topological polar surface area (TPSA) is 73.6 Å². The minimum atomic E-state index is -0.122. The van der Waals surface area contributed by atoms with Crippen LogP contribution in [0.25, 0.3) is 0 Å². The molecular weight excluding hydrogens is 280 g/mol. The molecule has 0 fully saturated rings. The van der Waals surface area contributed by atoms with E-state index in [1.807, 2.05) is 36.4 Å². The summed E-state index contributed by atoms with van der Waals surface area (Å²) in [5.41, 5.74) is 7.95. The number of amides is 1. The summed E-state index contributed by atoms with van der Waals surface area (Å²) in [6.45, 7) is 0.785. The summed E-state index contributed by atoms with van der Waals surface area (Å²) in [7, 11) is 1.62. The lowest BCUT2D eigenvalue weighted by Crippen LogP contribution is -2.15. The number of rotatable bonds is 7. The highest BCUT2D eigenvalue weighted by Crippen LogP contribution is 2.17. The van der Waals surface area contributed by atoms with Crippen molar-refractivity contribution >= 4 is 17.3 Å². The number of nitrogens with two attached hydrogens (primary N) is 1. The van der Waals surface area contributed by atoms with Crippen LogP contribution in [0.1, 0.15) is 12.0 Å². The van der Waals surface area contributed by atoms with Gasteiger partial charge < -0.3 is 20.5 Å². The number of nitrogens with one attached hydrogen (secondary N) is 1. The van der Waals surface area contributed by atoms with Crippen LogP contribution in [0.3, 0.4) is 0 Å². The van der Waals surface area contributed by atoms with E-state index in [2.05, 4.69) is 5.32 Å². The van der Waals surface area contributed by atoms with Crippen LogP contribution in [-0.4, -0.2) is 19.6 Å². The van der Waals surface area contributed by atoms with Gasteiger partial charge in [0.2, 0.25) is 5.91 Å². The zero-order chi connectivity index (χ0) is 15.8. The van der Waals surface area contributed by atoms with Gasteiger partial charge in [0, 0.05) is 0 Å². The monoisotopic (exact) mass is 300 g/mol. The Morgan fingerprint density at radius 1 is 1.18 bits per heavy atom. The summed E-state index contributed by atoms with van der Waals surface area (Å²) in [6.07, 6.45) is 0.276. The number of nitrogen functional groups attached to an aromatic ring is 1. The van der Waals surface area contributed by atoms with Crippen molar-refractivity contribution in [1.82, 2.24) is 0 Å². The standard InChI is InChI=1S/C17H20N2O3/c1-21-14-6-4-5-13(11-14)12-22-10-9-17(20)19-16-8-3-2-7-15(16)18/h2-8,11H,9-10,12,18H2,1H3,(H,19,20). The zero-order valence-electron chi connectivity index (χ0n) is 12.5. The van der Waals surface area contributed by atoms with Gasteiger partial charge in [-0.1, -0.05) is 24.3 Å². The van der Waals surface area contributed by atoms with Crippen LogP contribution in [0.2, 0.25) is 0 Å². The smallest absolute Gasteiger partial charge is 0.226 e. The maximum absolute atomic E-state index is 11.8. The van der Waals surface area contributed by atoms with E-state index in [0.717, 1.165) is 11.3 Å². The second-order valence-corrected chi connectivity index (χ2v) is 4.79. The second kappa shape index (κ2) is 8.05. The first-order valence-corrected chi connectivity index (χ1v) is 7.04. The van der Waals surface area contributed by atoms with E-state index in [0.29, 0.717) is 24.6 Å². The molecule has 0 aromatic heterocycles. The van der Waals surface area contributed by atoms with Crippen LogP contribution in [0.5, 0.6) is 5.75 Å². The lowest BCUT2D eigenvalue weighted by molar-refractivity contribution is -0.117. The summed E-state index contributed by atoms with van der Waals surface area (Å²) >= 11 is 0. The van der Waals surface area contributed by atoms with Crippen LogP contribution in [-0.2, 0) is 16.1 Å². The van der Waals surface area contributed by atoms with Crippen molar-refractivity contribution in [3.63, 3.8) is 0 Å². The van der Waals surface area contributed by atoms with Crippen LogP contribution < -0.4 is 15.8 Å². The average Bonchev–Trinajstić information content (AvgIpc) is 2.54. The molecule has 0 unspecified atom stereocenters. The molecule has 0 saturated heterocycles. The van der Waals surface area contributed by atoms with Gasteiger partial charge in [0.1, 0.15) is 5.75 Å². The quantitative estimate of drug-likeness (QED) is 0.609. The predicted molar refractivity (Wildman–Crippen MR) is 86.8 cm³/mol. The Labute approximate surface area is 130 Å².